The number of aromatic amines is 1. The highest BCUT2D eigenvalue weighted by atomic mass is 35.5. The molecular weight excluding hydrogens is 176 g/mol. The molecule has 1 heterocycles. The van der Waals surface area contributed by atoms with Gasteiger partial charge in [0, 0.05) is 11.8 Å². The van der Waals surface area contributed by atoms with Gasteiger partial charge in [-0.15, -0.1) is 0 Å². The van der Waals surface area contributed by atoms with Gasteiger partial charge in [0.1, 0.15) is 5.02 Å². The normalized spacial score (nSPS) is 10.5. The number of hydrogen-bond acceptors (Lipinski definition) is 1. The van der Waals surface area contributed by atoms with Crippen molar-refractivity contribution in [3.63, 3.8) is 0 Å². The summed E-state index contributed by atoms with van der Waals surface area (Å²) < 4.78 is 23.9. The number of nitrogens with one attached hydrogen (secondary N) is 1. The Hall–Kier alpha value is -0.900. The summed E-state index contributed by atoms with van der Waals surface area (Å²) in [6, 6.07) is 1.08. The van der Waals surface area contributed by atoms with Crippen molar-refractivity contribution >= 4 is 11.6 Å². The smallest absolute Gasteiger partial charge is 0.267 e. The van der Waals surface area contributed by atoms with Gasteiger partial charge in [0.2, 0.25) is 0 Å². The van der Waals surface area contributed by atoms with E-state index in [2.05, 4.69) is 4.98 Å². The number of aromatic nitrogens is 1. The molecule has 60 valence electrons. The van der Waals surface area contributed by atoms with E-state index in [4.69, 9.17) is 11.6 Å². The van der Waals surface area contributed by atoms with Crippen LogP contribution in [0.3, 0.4) is 0 Å². The Morgan fingerprint density at radius 1 is 1.55 bits per heavy atom. The van der Waals surface area contributed by atoms with E-state index in [1.165, 1.54) is 0 Å². The predicted molar refractivity (Wildman–Crippen MR) is 37.0 cm³/mol. The van der Waals surface area contributed by atoms with Crippen LogP contribution in [-0.2, 0) is 0 Å². The zero-order valence-corrected chi connectivity index (χ0v) is 6.03. The second-order valence-corrected chi connectivity index (χ2v) is 2.25. The molecule has 0 spiro atoms. The van der Waals surface area contributed by atoms with Gasteiger partial charge in [-0.2, -0.15) is 0 Å². The Balaban J connectivity index is 3.28. The summed E-state index contributed by atoms with van der Waals surface area (Å²) in [6.07, 6.45) is -1.57. The second-order valence-electron chi connectivity index (χ2n) is 1.88. The predicted octanol–water partition coefficient (Wildman–Crippen LogP) is 1.97. The van der Waals surface area contributed by atoms with E-state index < -0.39 is 22.6 Å². The third kappa shape index (κ3) is 1.57. The van der Waals surface area contributed by atoms with Crippen molar-refractivity contribution in [2.75, 3.05) is 0 Å². The summed E-state index contributed by atoms with van der Waals surface area (Å²) in [5.74, 6) is 0. The summed E-state index contributed by atoms with van der Waals surface area (Å²) in [5.41, 5.74) is -1.13. The molecule has 1 N–H and O–H groups in total. The van der Waals surface area contributed by atoms with Crippen LogP contribution in [-0.4, -0.2) is 4.98 Å². The largest absolute Gasteiger partial charge is 0.328 e. The molecule has 1 aromatic rings. The van der Waals surface area contributed by atoms with Crippen LogP contribution in [0.5, 0.6) is 0 Å². The van der Waals surface area contributed by atoms with Gasteiger partial charge >= 0.3 is 0 Å². The van der Waals surface area contributed by atoms with Crippen LogP contribution in [0.2, 0.25) is 5.02 Å². The van der Waals surface area contributed by atoms with Crippen molar-refractivity contribution < 1.29 is 8.78 Å². The minimum atomic E-state index is -2.70. The molecule has 0 saturated heterocycles. The zero-order chi connectivity index (χ0) is 8.43. The van der Waals surface area contributed by atoms with Crippen LogP contribution >= 0.6 is 11.6 Å². The van der Waals surface area contributed by atoms with Gasteiger partial charge < -0.3 is 4.98 Å². The van der Waals surface area contributed by atoms with Crippen LogP contribution in [0.15, 0.2) is 17.1 Å². The molecule has 11 heavy (non-hydrogen) atoms. The van der Waals surface area contributed by atoms with E-state index in [1.54, 1.807) is 0 Å². The molecule has 0 radical (unpaired) electrons. The second kappa shape index (κ2) is 3.00. The number of pyridine rings is 1. The molecule has 0 aliphatic heterocycles. The monoisotopic (exact) mass is 179 g/mol. The van der Waals surface area contributed by atoms with Gasteiger partial charge in [0.15, 0.2) is 0 Å². The fraction of sp³-hybridized carbons (Fsp3) is 0.167. The number of H-pyrrole nitrogens is 1. The molecule has 0 amide bonds. The van der Waals surface area contributed by atoms with E-state index in [9.17, 15) is 13.6 Å². The van der Waals surface area contributed by atoms with E-state index in [1.807, 2.05) is 0 Å². The first-order chi connectivity index (χ1) is 5.13. The highest BCUT2D eigenvalue weighted by molar-refractivity contribution is 6.31. The maximum Gasteiger partial charge on any atom is 0.267 e. The molecule has 0 unspecified atom stereocenters. The van der Waals surface area contributed by atoms with E-state index in [-0.39, 0.29) is 0 Å². The SMILES string of the molecule is O=c1[nH]ccc(C(F)F)c1Cl. The number of alkyl halides is 2. The quantitative estimate of drug-likeness (QED) is 0.703. The van der Waals surface area contributed by atoms with Gasteiger partial charge in [-0.1, -0.05) is 11.6 Å². The third-order valence-electron chi connectivity index (χ3n) is 1.17. The molecule has 1 rings (SSSR count). The molecule has 0 fully saturated rings. The summed E-state index contributed by atoms with van der Waals surface area (Å²) in [4.78, 5) is 12.8. The Labute approximate surface area is 65.8 Å². The third-order valence-corrected chi connectivity index (χ3v) is 1.56. The molecule has 0 saturated carbocycles. The highest BCUT2D eigenvalue weighted by Gasteiger charge is 2.12. The van der Waals surface area contributed by atoms with Crippen molar-refractivity contribution in [3.05, 3.63) is 33.2 Å². The Kier molecular flexibility index (Phi) is 2.24. The number of halogens is 3. The Morgan fingerprint density at radius 2 is 2.18 bits per heavy atom. The van der Waals surface area contributed by atoms with Crippen molar-refractivity contribution in [1.82, 2.24) is 4.98 Å². The molecule has 0 atom stereocenters. The summed E-state index contributed by atoms with van der Waals surface area (Å²) >= 11 is 5.26. The summed E-state index contributed by atoms with van der Waals surface area (Å²) in [5, 5.41) is -0.442. The summed E-state index contributed by atoms with van der Waals surface area (Å²) in [7, 11) is 0. The van der Waals surface area contributed by atoms with Gasteiger partial charge in [0.25, 0.3) is 12.0 Å². The fourth-order valence-corrected chi connectivity index (χ4v) is 0.843. The average molecular weight is 180 g/mol. The van der Waals surface area contributed by atoms with Crippen molar-refractivity contribution in [2.24, 2.45) is 0 Å². The van der Waals surface area contributed by atoms with Gasteiger partial charge in [-0.3, -0.25) is 4.79 Å². The number of hydrogen-bond donors (Lipinski definition) is 1. The molecule has 0 aliphatic carbocycles. The van der Waals surface area contributed by atoms with Crippen LogP contribution in [0.1, 0.15) is 12.0 Å². The lowest BCUT2D eigenvalue weighted by atomic mass is 10.3. The highest BCUT2D eigenvalue weighted by Crippen LogP contribution is 2.22. The lowest BCUT2D eigenvalue weighted by Crippen LogP contribution is -2.07. The molecule has 0 bridgehead atoms. The summed E-state index contributed by atoms with van der Waals surface area (Å²) in [6.45, 7) is 0. The molecule has 2 nitrogen and oxygen atoms in total. The topological polar surface area (TPSA) is 32.9 Å². The van der Waals surface area contributed by atoms with Crippen LogP contribution in [0, 0.1) is 0 Å². The molecule has 0 aromatic carbocycles. The minimum Gasteiger partial charge on any atom is -0.328 e. The Morgan fingerprint density at radius 3 is 2.64 bits per heavy atom. The van der Waals surface area contributed by atoms with E-state index in [0.717, 1.165) is 12.3 Å². The first kappa shape index (κ1) is 8.20. The van der Waals surface area contributed by atoms with Crippen LogP contribution < -0.4 is 5.56 Å². The molecule has 5 heteroatoms. The minimum absolute atomic E-state index is 0.435. The van der Waals surface area contributed by atoms with Crippen molar-refractivity contribution in [1.29, 1.82) is 0 Å². The first-order valence-electron chi connectivity index (χ1n) is 2.78. The van der Waals surface area contributed by atoms with E-state index in [0.29, 0.717) is 0 Å². The maximum atomic E-state index is 12.0. The van der Waals surface area contributed by atoms with Crippen LogP contribution in [0.4, 0.5) is 8.78 Å². The lowest BCUT2D eigenvalue weighted by molar-refractivity contribution is 0.151. The zero-order valence-electron chi connectivity index (χ0n) is 5.27. The number of rotatable bonds is 1. The molecule has 1 aromatic heterocycles. The van der Waals surface area contributed by atoms with Gasteiger partial charge in [-0.25, -0.2) is 8.78 Å². The van der Waals surface area contributed by atoms with Crippen molar-refractivity contribution in [3.8, 4) is 0 Å². The molecule has 0 aliphatic rings. The Bertz CT molecular complexity index is 310. The van der Waals surface area contributed by atoms with Gasteiger partial charge in [-0.05, 0) is 6.07 Å². The molecular formula is C6H4ClF2NO. The standard InChI is InChI=1S/C6H4ClF2NO/c7-4-3(5(8)9)1-2-10-6(4)11/h1-2,5H,(H,10,11). The van der Waals surface area contributed by atoms with Gasteiger partial charge in [0.05, 0.1) is 0 Å². The van der Waals surface area contributed by atoms with Crippen molar-refractivity contribution in [2.45, 2.75) is 6.43 Å². The lowest BCUT2D eigenvalue weighted by Gasteiger charge is -1.98. The van der Waals surface area contributed by atoms with Crippen LogP contribution in [0.25, 0.3) is 0 Å². The van der Waals surface area contributed by atoms with E-state index >= 15 is 0 Å². The average Bonchev–Trinajstić information content (AvgIpc) is 1.94. The fourth-order valence-electron chi connectivity index (χ4n) is 0.643. The maximum absolute atomic E-state index is 12.0. The first-order valence-corrected chi connectivity index (χ1v) is 3.16.